The number of hydrogen-bond acceptors (Lipinski definition) is 2. The quantitative estimate of drug-likeness (QED) is 0.912. The smallest absolute Gasteiger partial charge is 0.287 e. The molecule has 0 atom stereocenters. The van der Waals surface area contributed by atoms with Crippen molar-refractivity contribution >= 4 is 5.91 Å². The average Bonchev–Trinajstić information content (AvgIpc) is 3.11. The van der Waals surface area contributed by atoms with E-state index in [9.17, 15) is 4.79 Å². The number of rotatable bonds is 3. The number of carbonyl (C=O) groups excluding carboxylic acids is 1. The highest BCUT2D eigenvalue weighted by molar-refractivity contribution is 5.92. The number of carbonyl (C=O) groups is 1. The standard InChI is InChI=1S/C16H17NO2/c18-15(14-9-6-12-19-14)17-16(10-4-5-11-16)13-7-2-1-3-8-13/h1-3,6-9,12H,4-5,10-11H2,(H,17,18). The number of furan rings is 1. The molecule has 98 valence electrons. The van der Waals surface area contributed by atoms with Gasteiger partial charge in [-0.15, -0.1) is 0 Å². The number of nitrogens with one attached hydrogen (secondary N) is 1. The molecule has 3 nitrogen and oxygen atoms in total. The van der Waals surface area contributed by atoms with Crippen molar-refractivity contribution in [2.24, 2.45) is 0 Å². The van der Waals surface area contributed by atoms with Crippen LogP contribution < -0.4 is 5.32 Å². The summed E-state index contributed by atoms with van der Waals surface area (Å²) in [5.41, 5.74) is 0.956. The van der Waals surface area contributed by atoms with E-state index in [0.717, 1.165) is 25.7 Å². The van der Waals surface area contributed by atoms with Gasteiger partial charge < -0.3 is 9.73 Å². The Balaban J connectivity index is 1.88. The zero-order valence-corrected chi connectivity index (χ0v) is 10.8. The normalized spacial score (nSPS) is 17.3. The summed E-state index contributed by atoms with van der Waals surface area (Å²) in [6.07, 6.45) is 5.80. The number of amides is 1. The predicted octanol–water partition coefficient (Wildman–Crippen LogP) is 3.48. The third-order valence-corrected chi connectivity index (χ3v) is 3.88. The van der Waals surface area contributed by atoms with Crippen LogP contribution in [0.2, 0.25) is 0 Å². The lowest BCUT2D eigenvalue weighted by Gasteiger charge is -2.30. The number of hydrogen-bond donors (Lipinski definition) is 1. The van der Waals surface area contributed by atoms with Gasteiger partial charge in [0.2, 0.25) is 0 Å². The van der Waals surface area contributed by atoms with E-state index < -0.39 is 0 Å². The van der Waals surface area contributed by atoms with Crippen molar-refractivity contribution < 1.29 is 9.21 Å². The van der Waals surface area contributed by atoms with Crippen LogP contribution in [0.3, 0.4) is 0 Å². The Morgan fingerprint density at radius 1 is 1.05 bits per heavy atom. The molecule has 0 saturated heterocycles. The molecule has 1 aromatic carbocycles. The molecule has 0 spiro atoms. The van der Waals surface area contributed by atoms with Crippen LogP contribution in [0.15, 0.2) is 53.1 Å². The minimum atomic E-state index is -0.231. The lowest BCUT2D eigenvalue weighted by molar-refractivity contribution is 0.0869. The van der Waals surface area contributed by atoms with Gasteiger partial charge in [-0.2, -0.15) is 0 Å². The van der Waals surface area contributed by atoms with E-state index >= 15 is 0 Å². The maximum Gasteiger partial charge on any atom is 0.287 e. The van der Waals surface area contributed by atoms with Crippen LogP contribution in [0.25, 0.3) is 0 Å². The third-order valence-electron chi connectivity index (χ3n) is 3.88. The van der Waals surface area contributed by atoms with Gasteiger partial charge in [0.05, 0.1) is 11.8 Å². The summed E-state index contributed by atoms with van der Waals surface area (Å²) < 4.78 is 5.17. The molecule has 1 fully saturated rings. The van der Waals surface area contributed by atoms with Gasteiger partial charge >= 0.3 is 0 Å². The van der Waals surface area contributed by atoms with Crippen molar-refractivity contribution in [2.45, 2.75) is 31.2 Å². The van der Waals surface area contributed by atoms with Crippen LogP contribution in [0.5, 0.6) is 0 Å². The summed E-state index contributed by atoms with van der Waals surface area (Å²) in [5.74, 6) is 0.248. The van der Waals surface area contributed by atoms with Gasteiger partial charge in [-0.1, -0.05) is 43.2 Å². The molecule has 1 saturated carbocycles. The van der Waals surface area contributed by atoms with Crippen molar-refractivity contribution in [3.8, 4) is 0 Å². The van der Waals surface area contributed by atoms with Gasteiger partial charge in [-0.05, 0) is 30.5 Å². The molecule has 1 aliphatic carbocycles. The molecule has 1 heterocycles. The predicted molar refractivity (Wildman–Crippen MR) is 72.8 cm³/mol. The Morgan fingerprint density at radius 3 is 2.42 bits per heavy atom. The zero-order valence-electron chi connectivity index (χ0n) is 10.8. The van der Waals surface area contributed by atoms with E-state index in [1.807, 2.05) is 18.2 Å². The first-order valence-electron chi connectivity index (χ1n) is 6.72. The van der Waals surface area contributed by atoms with E-state index in [1.54, 1.807) is 12.1 Å². The molecular weight excluding hydrogens is 238 g/mol. The minimum absolute atomic E-state index is 0.129. The highest BCUT2D eigenvalue weighted by Crippen LogP contribution is 2.38. The molecule has 3 rings (SSSR count). The van der Waals surface area contributed by atoms with Crippen molar-refractivity contribution in [1.29, 1.82) is 0 Å². The van der Waals surface area contributed by atoms with E-state index in [4.69, 9.17) is 4.42 Å². The van der Waals surface area contributed by atoms with Crippen LogP contribution >= 0.6 is 0 Å². The fourth-order valence-corrected chi connectivity index (χ4v) is 2.91. The highest BCUT2D eigenvalue weighted by atomic mass is 16.3. The molecule has 1 aromatic heterocycles. The Labute approximate surface area is 112 Å². The van der Waals surface area contributed by atoms with E-state index in [-0.39, 0.29) is 11.4 Å². The summed E-state index contributed by atoms with van der Waals surface area (Å²) in [7, 11) is 0. The zero-order chi connectivity index (χ0) is 13.1. The SMILES string of the molecule is O=C(NC1(c2ccccc2)CCCC1)c1ccco1. The van der Waals surface area contributed by atoms with Gasteiger partial charge in [-0.25, -0.2) is 0 Å². The maximum atomic E-state index is 12.2. The number of benzene rings is 1. The Bertz CT molecular complexity index is 539. The second kappa shape index (κ2) is 4.92. The van der Waals surface area contributed by atoms with Crippen molar-refractivity contribution in [2.75, 3.05) is 0 Å². The molecule has 0 bridgehead atoms. The maximum absolute atomic E-state index is 12.2. The lowest BCUT2D eigenvalue weighted by atomic mass is 9.88. The summed E-state index contributed by atoms with van der Waals surface area (Å²) in [5, 5.41) is 3.18. The lowest BCUT2D eigenvalue weighted by Crippen LogP contribution is -2.43. The Kier molecular flexibility index (Phi) is 3.11. The second-order valence-corrected chi connectivity index (χ2v) is 5.09. The first kappa shape index (κ1) is 12.0. The molecular formula is C16H17NO2. The first-order chi connectivity index (χ1) is 9.30. The molecule has 1 aliphatic rings. The van der Waals surface area contributed by atoms with Crippen molar-refractivity contribution in [3.05, 3.63) is 60.1 Å². The second-order valence-electron chi connectivity index (χ2n) is 5.09. The van der Waals surface area contributed by atoms with Crippen LogP contribution in [0, 0.1) is 0 Å². The van der Waals surface area contributed by atoms with Crippen LogP contribution in [-0.4, -0.2) is 5.91 Å². The summed E-state index contributed by atoms with van der Waals surface area (Å²) in [6.45, 7) is 0. The Hall–Kier alpha value is -2.03. The molecule has 3 heteroatoms. The van der Waals surface area contributed by atoms with Crippen molar-refractivity contribution in [3.63, 3.8) is 0 Å². The van der Waals surface area contributed by atoms with Crippen LogP contribution in [0.4, 0.5) is 0 Å². The van der Waals surface area contributed by atoms with Gasteiger partial charge in [0, 0.05) is 0 Å². The molecule has 0 radical (unpaired) electrons. The van der Waals surface area contributed by atoms with E-state index in [1.165, 1.54) is 11.8 Å². The topological polar surface area (TPSA) is 42.2 Å². The molecule has 19 heavy (non-hydrogen) atoms. The molecule has 0 unspecified atom stereocenters. The molecule has 2 aromatic rings. The first-order valence-corrected chi connectivity index (χ1v) is 6.72. The summed E-state index contributed by atoms with van der Waals surface area (Å²) in [4.78, 5) is 12.2. The van der Waals surface area contributed by atoms with Crippen molar-refractivity contribution in [1.82, 2.24) is 5.32 Å². The molecule has 1 N–H and O–H groups in total. The average molecular weight is 255 g/mol. The Morgan fingerprint density at radius 2 is 1.79 bits per heavy atom. The summed E-state index contributed by atoms with van der Waals surface area (Å²) in [6, 6.07) is 13.7. The summed E-state index contributed by atoms with van der Waals surface area (Å²) >= 11 is 0. The van der Waals surface area contributed by atoms with E-state index in [2.05, 4.69) is 17.4 Å². The van der Waals surface area contributed by atoms with Gasteiger partial charge in [0.1, 0.15) is 0 Å². The largest absolute Gasteiger partial charge is 0.459 e. The van der Waals surface area contributed by atoms with Gasteiger partial charge in [-0.3, -0.25) is 4.79 Å². The van der Waals surface area contributed by atoms with Crippen LogP contribution in [-0.2, 0) is 5.54 Å². The molecule has 0 aliphatic heterocycles. The fourth-order valence-electron chi connectivity index (χ4n) is 2.91. The van der Waals surface area contributed by atoms with Gasteiger partial charge in [0.25, 0.3) is 5.91 Å². The van der Waals surface area contributed by atoms with E-state index in [0.29, 0.717) is 5.76 Å². The minimum Gasteiger partial charge on any atom is -0.459 e. The fraction of sp³-hybridized carbons (Fsp3) is 0.312. The van der Waals surface area contributed by atoms with Crippen LogP contribution in [0.1, 0.15) is 41.8 Å². The van der Waals surface area contributed by atoms with Gasteiger partial charge in [0.15, 0.2) is 5.76 Å². The molecule has 1 amide bonds. The third kappa shape index (κ3) is 2.28. The monoisotopic (exact) mass is 255 g/mol. The highest BCUT2D eigenvalue weighted by Gasteiger charge is 2.37.